The van der Waals surface area contributed by atoms with Crippen molar-refractivity contribution >= 4 is 82.6 Å². The van der Waals surface area contributed by atoms with E-state index in [0.29, 0.717) is 17.5 Å². The minimum absolute atomic E-state index is 0.621. The fraction of sp³-hybridized carbons (Fsp3) is 0.0114. The number of para-hydroxylation sites is 8. The molecule has 19 rings (SSSR count). The number of nitrogens with zero attached hydrogens (tertiary/aromatic N) is 6. The summed E-state index contributed by atoms with van der Waals surface area (Å²) in [6, 6.07) is 125. The Labute approximate surface area is 549 Å². The number of hydrogen-bond donors (Lipinski definition) is 0. The molecule has 0 aliphatic carbocycles. The second-order valence-electron chi connectivity index (χ2n) is 24.2. The highest BCUT2D eigenvalue weighted by atomic mass is 16.3. The van der Waals surface area contributed by atoms with Crippen molar-refractivity contribution in [2.24, 2.45) is 0 Å². The molecule has 446 valence electrons. The molecule has 7 nitrogen and oxygen atoms in total. The highest BCUT2D eigenvalue weighted by Gasteiger charge is 2.48. The molecule has 0 unspecified atom stereocenters. The topological polar surface area (TPSA) is 64.9 Å². The Bertz CT molecular complexity index is 5560. The zero-order valence-corrected chi connectivity index (χ0v) is 51.6. The van der Waals surface area contributed by atoms with Crippen molar-refractivity contribution in [1.29, 1.82) is 0 Å². The Balaban J connectivity index is 0.000000150. The summed E-state index contributed by atoms with van der Waals surface area (Å²) >= 11 is 0. The van der Waals surface area contributed by atoms with Crippen LogP contribution >= 0.6 is 0 Å². The van der Waals surface area contributed by atoms with Crippen LogP contribution in [0.5, 0.6) is 0 Å². The molecule has 0 saturated carbocycles. The second kappa shape index (κ2) is 22.9. The van der Waals surface area contributed by atoms with E-state index in [9.17, 15) is 0 Å². The van der Waals surface area contributed by atoms with Crippen molar-refractivity contribution < 1.29 is 4.42 Å². The third kappa shape index (κ3) is 9.15. The van der Waals surface area contributed by atoms with E-state index < -0.39 is 5.41 Å². The van der Waals surface area contributed by atoms with E-state index in [1.54, 1.807) is 0 Å². The summed E-state index contributed by atoms with van der Waals surface area (Å²) in [7, 11) is 0. The number of anilines is 3. The van der Waals surface area contributed by atoms with Gasteiger partial charge in [0.25, 0.3) is 0 Å². The normalized spacial score (nSPS) is 12.5. The standard InChI is InChI=1S/C52H34N4O.C36H24N2/c1-4-17-35(18-5-1)49-53-50(36-19-6-2-7-20-36)55-51(54-49)37-31-33-39(34-32-37)56-45-28-13-11-25-42(45)52(38-21-8-3-9-22-38,43-26-12-14-29-46(43)56)44-27-16-24-41-40-23-10-15-30-47(40)57-48(41)44;1-5-19-33-29(15-1)30-16-2-6-20-34(30)37(33)27-13-9-11-25(23-27)26-12-10-14-28(24-26)38-35-21-7-3-17-31(35)32-18-4-8-22-36(32)38/h1-34H;1-24H. The van der Waals surface area contributed by atoms with Crippen molar-refractivity contribution in [2.75, 3.05) is 4.90 Å². The second-order valence-corrected chi connectivity index (χ2v) is 24.2. The molecule has 0 N–H and O–H groups in total. The van der Waals surface area contributed by atoms with Crippen LogP contribution in [0.25, 0.3) is 122 Å². The van der Waals surface area contributed by atoms with E-state index >= 15 is 0 Å². The maximum atomic E-state index is 6.82. The van der Waals surface area contributed by atoms with Crippen LogP contribution in [0, 0.1) is 0 Å². The van der Waals surface area contributed by atoms with Crippen LogP contribution in [-0.2, 0) is 5.41 Å². The van der Waals surface area contributed by atoms with Crippen LogP contribution in [0.4, 0.5) is 17.1 Å². The van der Waals surface area contributed by atoms with Gasteiger partial charge in [-0.15, -0.1) is 0 Å². The third-order valence-corrected chi connectivity index (χ3v) is 18.9. The smallest absolute Gasteiger partial charge is 0.164 e. The molecule has 18 aromatic rings. The molecule has 4 aromatic heterocycles. The van der Waals surface area contributed by atoms with Crippen LogP contribution in [-0.4, -0.2) is 24.1 Å². The highest BCUT2D eigenvalue weighted by molar-refractivity contribution is 6.11. The van der Waals surface area contributed by atoms with Crippen molar-refractivity contribution in [3.8, 4) is 56.7 Å². The van der Waals surface area contributed by atoms with Gasteiger partial charge in [-0.25, -0.2) is 15.0 Å². The number of hydrogen-bond acceptors (Lipinski definition) is 5. The first kappa shape index (κ1) is 55.2. The van der Waals surface area contributed by atoms with Gasteiger partial charge in [0.05, 0.1) is 38.9 Å². The van der Waals surface area contributed by atoms with Crippen molar-refractivity contribution in [3.63, 3.8) is 0 Å². The molecule has 5 heterocycles. The van der Waals surface area contributed by atoms with Gasteiger partial charge in [0, 0.05) is 71.6 Å². The van der Waals surface area contributed by atoms with E-state index in [1.165, 1.54) is 82.8 Å². The lowest BCUT2D eigenvalue weighted by Crippen LogP contribution is -2.37. The highest BCUT2D eigenvalue weighted by Crippen LogP contribution is 2.59. The van der Waals surface area contributed by atoms with Gasteiger partial charge in [0.1, 0.15) is 11.2 Å². The molecule has 1 aliphatic heterocycles. The molecular weight excluding hydrogens is 1160 g/mol. The third-order valence-electron chi connectivity index (χ3n) is 18.9. The fourth-order valence-corrected chi connectivity index (χ4v) is 14.8. The van der Waals surface area contributed by atoms with Gasteiger partial charge >= 0.3 is 0 Å². The summed E-state index contributed by atoms with van der Waals surface area (Å²) in [6.07, 6.45) is 0. The lowest BCUT2D eigenvalue weighted by molar-refractivity contribution is 0.643. The molecule has 0 bridgehead atoms. The Morgan fingerprint density at radius 3 is 1.09 bits per heavy atom. The summed E-state index contributed by atoms with van der Waals surface area (Å²) in [5.74, 6) is 1.90. The summed E-state index contributed by atoms with van der Waals surface area (Å²) in [4.78, 5) is 17.3. The number of aromatic nitrogens is 5. The zero-order valence-electron chi connectivity index (χ0n) is 51.6. The van der Waals surface area contributed by atoms with E-state index in [-0.39, 0.29) is 0 Å². The molecule has 7 heteroatoms. The van der Waals surface area contributed by atoms with Gasteiger partial charge in [-0.3, -0.25) is 0 Å². The predicted molar refractivity (Wildman–Crippen MR) is 391 cm³/mol. The first-order valence-electron chi connectivity index (χ1n) is 32.2. The summed E-state index contributed by atoms with van der Waals surface area (Å²) in [5.41, 5.74) is 21.4. The monoisotopic (exact) mass is 1210 g/mol. The summed E-state index contributed by atoms with van der Waals surface area (Å²) in [5, 5.41) is 7.34. The summed E-state index contributed by atoms with van der Waals surface area (Å²) in [6.45, 7) is 0. The van der Waals surface area contributed by atoms with Gasteiger partial charge in [0.15, 0.2) is 17.5 Å². The van der Waals surface area contributed by atoms with Crippen LogP contribution < -0.4 is 4.90 Å². The van der Waals surface area contributed by atoms with Gasteiger partial charge < -0.3 is 18.5 Å². The Kier molecular flexibility index (Phi) is 13.3. The average Bonchev–Trinajstić information content (AvgIpc) is 1.28. The number of fused-ring (bicyclic) bond motifs is 11. The molecule has 14 aromatic carbocycles. The Morgan fingerprint density at radius 2 is 0.611 bits per heavy atom. The lowest BCUT2D eigenvalue weighted by atomic mass is 9.62. The SMILES string of the molecule is c1cc(-c2cccc(-n3c4ccccc4c4ccccc43)c2)cc(-n2c3ccccc3c3ccccc32)c1.c1ccc(-c2nc(-c3ccccc3)nc(-c3ccc(N4c5ccccc5C(c5ccccc5)(c5cccc6c5oc5ccccc56)c5ccccc54)cc3)n2)cc1. The molecule has 0 amide bonds. The molecule has 0 saturated heterocycles. The molecule has 0 radical (unpaired) electrons. The van der Waals surface area contributed by atoms with Crippen molar-refractivity contribution in [3.05, 3.63) is 374 Å². The van der Waals surface area contributed by atoms with Crippen LogP contribution in [0.1, 0.15) is 22.3 Å². The number of rotatable bonds is 9. The summed E-state index contributed by atoms with van der Waals surface area (Å²) < 4.78 is 11.6. The van der Waals surface area contributed by atoms with Crippen LogP contribution in [0.2, 0.25) is 0 Å². The first-order chi connectivity index (χ1) is 47.1. The van der Waals surface area contributed by atoms with Crippen LogP contribution in [0.15, 0.2) is 356 Å². The molecule has 0 atom stereocenters. The maximum absolute atomic E-state index is 6.82. The van der Waals surface area contributed by atoms with Gasteiger partial charge in [0.2, 0.25) is 0 Å². The van der Waals surface area contributed by atoms with E-state index in [4.69, 9.17) is 19.4 Å². The first-order valence-corrected chi connectivity index (χ1v) is 32.2. The van der Waals surface area contributed by atoms with Gasteiger partial charge in [-0.1, -0.05) is 261 Å². The van der Waals surface area contributed by atoms with Crippen molar-refractivity contribution in [1.82, 2.24) is 24.1 Å². The lowest BCUT2D eigenvalue weighted by Gasteiger charge is -2.46. The van der Waals surface area contributed by atoms with E-state index in [1.807, 2.05) is 66.7 Å². The Morgan fingerprint density at radius 1 is 0.253 bits per heavy atom. The zero-order chi connectivity index (χ0) is 62.8. The van der Waals surface area contributed by atoms with E-state index in [2.05, 4.69) is 299 Å². The molecular formula is C88H58N6O. The van der Waals surface area contributed by atoms with E-state index in [0.717, 1.165) is 61.3 Å². The fourth-order valence-electron chi connectivity index (χ4n) is 14.8. The molecule has 0 fully saturated rings. The maximum Gasteiger partial charge on any atom is 0.164 e. The largest absolute Gasteiger partial charge is 0.456 e. The molecule has 0 spiro atoms. The molecule has 1 aliphatic rings. The Hall–Kier alpha value is -12.7. The van der Waals surface area contributed by atoms with Gasteiger partial charge in [-0.05, 0) is 119 Å². The van der Waals surface area contributed by atoms with Gasteiger partial charge in [-0.2, -0.15) is 0 Å². The van der Waals surface area contributed by atoms with Crippen LogP contribution in [0.3, 0.4) is 0 Å². The quantitative estimate of drug-likeness (QED) is 0.144. The number of benzene rings is 14. The minimum atomic E-state index is -0.690. The van der Waals surface area contributed by atoms with Crippen molar-refractivity contribution in [2.45, 2.75) is 5.41 Å². The number of furan rings is 1. The molecule has 95 heavy (non-hydrogen) atoms. The minimum Gasteiger partial charge on any atom is -0.456 e. The average molecular weight is 1220 g/mol. The predicted octanol–water partition coefficient (Wildman–Crippen LogP) is 22.5.